The van der Waals surface area contributed by atoms with E-state index >= 15 is 0 Å². The number of phenols is 1. The molecule has 0 heterocycles. The van der Waals surface area contributed by atoms with Gasteiger partial charge in [-0.25, -0.2) is 0 Å². The Morgan fingerprint density at radius 3 is 2.27 bits per heavy atom. The third-order valence-electron chi connectivity index (χ3n) is 8.50. The van der Waals surface area contributed by atoms with Crippen LogP contribution >= 0.6 is 0 Å². The largest absolute Gasteiger partial charge is 0.508 e. The molecule has 2 aromatic rings. The third-order valence-corrected chi connectivity index (χ3v) is 8.50. The predicted molar refractivity (Wildman–Crippen MR) is 149 cm³/mol. The van der Waals surface area contributed by atoms with Crippen molar-refractivity contribution < 1.29 is 34.8 Å². The number of nitrogens with zero attached hydrogens (tertiary/aromatic N) is 3. The summed E-state index contributed by atoms with van der Waals surface area (Å²) >= 11 is 0. The second-order valence-electron chi connectivity index (χ2n) is 11.2. The van der Waals surface area contributed by atoms with Gasteiger partial charge in [0.1, 0.15) is 22.8 Å². The topological polar surface area (TPSA) is 188 Å². The zero-order valence-corrected chi connectivity index (χ0v) is 23.0. The Bertz CT molecular complexity index is 1630. The van der Waals surface area contributed by atoms with Gasteiger partial charge in [-0.05, 0) is 62.2 Å². The number of ketones is 2. The van der Waals surface area contributed by atoms with Crippen LogP contribution < -0.4 is 10.6 Å². The maximum Gasteiger partial charge on any atom is 0.255 e. The van der Waals surface area contributed by atoms with Crippen LogP contribution in [-0.4, -0.2) is 82.6 Å². The van der Waals surface area contributed by atoms with Gasteiger partial charge in [-0.1, -0.05) is 12.1 Å². The van der Waals surface area contributed by atoms with Gasteiger partial charge in [-0.2, -0.15) is 5.26 Å². The number of nitrogens with two attached hydrogens (primary N) is 1. The predicted octanol–water partition coefficient (Wildman–Crippen LogP) is 1.57. The number of carbonyl (C=O) groups excluding carboxylic acids is 3. The first kappa shape index (κ1) is 27.9. The van der Waals surface area contributed by atoms with Gasteiger partial charge in [0.25, 0.3) is 5.91 Å². The number of carbonyl (C=O) groups is 3. The lowest BCUT2D eigenvalue weighted by molar-refractivity contribution is -0.153. The second-order valence-corrected chi connectivity index (χ2v) is 11.2. The van der Waals surface area contributed by atoms with E-state index < -0.39 is 58.0 Å². The highest BCUT2D eigenvalue weighted by Crippen LogP contribution is 2.54. The van der Waals surface area contributed by atoms with Gasteiger partial charge in [-0.3, -0.25) is 19.3 Å². The number of hydrogen-bond donors (Lipinski definition) is 5. The summed E-state index contributed by atoms with van der Waals surface area (Å²) in [6.07, 6.45) is 0.194. The van der Waals surface area contributed by atoms with Gasteiger partial charge in [0.15, 0.2) is 11.4 Å². The number of rotatable bonds is 4. The summed E-state index contributed by atoms with van der Waals surface area (Å²) in [6, 6.07) is 9.15. The van der Waals surface area contributed by atoms with Crippen molar-refractivity contribution in [3.63, 3.8) is 0 Å². The molecule has 0 aromatic heterocycles. The average molecular weight is 559 g/mol. The maximum atomic E-state index is 14.1. The molecule has 11 nitrogen and oxygen atoms in total. The summed E-state index contributed by atoms with van der Waals surface area (Å²) in [5.41, 5.74) is 4.18. The van der Waals surface area contributed by atoms with Crippen LogP contribution in [0.1, 0.15) is 23.1 Å². The average Bonchev–Trinajstić information content (AvgIpc) is 2.90. The van der Waals surface area contributed by atoms with Gasteiger partial charge in [0.05, 0.1) is 23.2 Å². The van der Waals surface area contributed by atoms with Crippen LogP contribution in [0.25, 0.3) is 16.9 Å². The summed E-state index contributed by atoms with van der Waals surface area (Å²) < 4.78 is 0. The number of primary amides is 1. The molecule has 3 aliphatic rings. The molecule has 1 saturated carbocycles. The van der Waals surface area contributed by atoms with E-state index in [1.807, 2.05) is 11.0 Å². The zero-order chi connectivity index (χ0) is 30.1. The van der Waals surface area contributed by atoms with Crippen molar-refractivity contribution >= 4 is 28.9 Å². The number of benzene rings is 2. The monoisotopic (exact) mass is 558 g/mol. The number of aliphatic hydroxyl groups excluding tert-OH is 2. The highest BCUT2D eigenvalue weighted by molar-refractivity contribution is 6.24. The lowest BCUT2D eigenvalue weighted by Gasteiger charge is -2.50. The first-order valence-electron chi connectivity index (χ1n) is 13.0. The molecule has 0 spiro atoms. The van der Waals surface area contributed by atoms with Crippen LogP contribution in [0.3, 0.4) is 0 Å². The summed E-state index contributed by atoms with van der Waals surface area (Å²) in [6.45, 7) is 0. The number of Topliss-reactive ketones (excluding diaryl/α,β-unsaturated/α-hetero) is 2. The molecule has 0 bridgehead atoms. The van der Waals surface area contributed by atoms with E-state index in [4.69, 9.17) is 11.0 Å². The minimum absolute atomic E-state index is 0.00634. The molecule has 3 aliphatic carbocycles. The molecule has 0 saturated heterocycles. The molecule has 0 radical (unpaired) electrons. The zero-order valence-electron chi connectivity index (χ0n) is 23.0. The van der Waals surface area contributed by atoms with Crippen molar-refractivity contribution in [2.75, 3.05) is 33.1 Å². The normalized spacial score (nSPS) is 25.4. The molecular weight excluding hydrogens is 528 g/mol. The molecule has 1 fully saturated rings. The summed E-state index contributed by atoms with van der Waals surface area (Å²) in [5.74, 6) is -6.94. The molecule has 41 heavy (non-hydrogen) atoms. The molecule has 0 aliphatic heterocycles. The van der Waals surface area contributed by atoms with Crippen molar-refractivity contribution in [3.8, 4) is 22.9 Å². The number of fused-ring (bicyclic) bond motifs is 3. The number of anilines is 1. The van der Waals surface area contributed by atoms with Crippen LogP contribution in [-0.2, 0) is 20.8 Å². The van der Waals surface area contributed by atoms with E-state index in [0.717, 1.165) is 0 Å². The maximum absolute atomic E-state index is 14.1. The molecule has 5 rings (SSSR count). The lowest BCUT2D eigenvalue weighted by atomic mass is 9.57. The highest BCUT2D eigenvalue weighted by atomic mass is 16.3. The first-order valence-corrected chi connectivity index (χ1v) is 13.0. The molecule has 11 heteroatoms. The second kappa shape index (κ2) is 9.47. The molecule has 0 unspecified atom stereocenters. The van der Waals surface area contributed by atoms with Gasteiger partial charge in [0, 0.05) is 36.8 Å². The Kier molecular flexibility index (Phi) is 6.44. The molecule has 4 atom stereocenters. The Labute approximate surface area is 236 Å². The van der Waals surface area contributed by atoms with E-state index in [1.165, 1.54) is 4.90 Å². The fourth-order valence-electron chi connectivity index (χ4n) is 6.64. The molecule has 6 N–H and O–H groups in total. The van der Waals surface area contributed by atoms with E-state index in [9.17, 15) is 34.8 Å². The molecule has 2 aromatic carbocycles. The number of amides is 1. The summed E-state index contributed by atoms with van der Waals surface area (Å²) in [4.78, 5) is 42.8. The molecular formula is C30H30N4O7. The third kappa shape index (κ3) is 3.83. The first-order chi connectivity index (χ1) is 19.2. The van der Waals surface area contributed by atoms with Crippen molar-refractivity contribution in [3.05, 3.63) is 63.9 Å². The van der Waals surface area contributed by atoms with Crippen molar-refractivity contribution in [2.24, 2.45) is 17.6 Å². The number of phenolic OH excluding ortho intramolecular Hbond substituents is 1. The van der Waals surface area contributed by atoms with Crippen molar-refractivity contribution in [1.82, 2.24) is 4.90 Å². The Hall–Kier alpha value is -4.66. The number of nitriles is 1. The summed E-state index contributed by atoms with van der Waals surface area (Å²) in [7, 11) is 6.71. The van der Waals surface area contributed by atoms with E-state index in [0.29, 0.717) is 27.9 Å². The van der Waals surface area contributed by atoms with Gasteiger partial charge in [-0.15, -0.1) is 0 Å². The smallest absolute Gasteiger partial charge is 0.255 e. The Morgan fingerprint density at radius 1 is 1.10 bits per heavy atom. The minimum atomic E-state index is -2.70. The Balaban J connectivity index is 1.76. The quantitative estimate of drug-likeness (QED) is 0.345. The number of aliphatic hydroxyl groups is 3. The number of hydrogen-bond acceptors (Lipinski definition) is 10. The van der Waals surface area contributed by atoms with Crippen LogP contribution in [0.5, 0.6) is 5.75 Å². The minimum Gasteiger partial charge on any atom is -0.508 e. The van der Waals surface area contributed by atoms with Crippen LogP contribution in [0.2, 0.25) is 0 Å². The fraction of sp³-hybridized carbons (Fsp3) is 0.333. The number of likely N-dealkylation sites (N-methyl/N-ethyl adjacent to an activating group) is 1. The standard InChI is InChI=1S/C30H30N4O7/c1-33(2)19-11-16(14-7-5-13(12-31)6-8-14)24(35)21-17(19)9-15-10-18-23(34(3)4)26(37)22(29(32)40)28(39)30(18,41)27(38)20(15)25(21)36/h5-8,11,15,18,23,35-36,39,41H,9-10H2,1-4H3,(H2,32,40)/t15-,18-,23-,30-/m1/s1. The van der Waals surface area contributed by atoms with Crippen LogP contribution in [0.4, 0.5) is 5.69 Å². The van der Waals surface area contributed by atoms with Crippen LogP contribution in [0.15, 0.2) is 47.2 Å². The SMILES string of the molecule is CN(C)c1cc(-c2ccc(C#N)cc2)c(O)c2c1C[C@@H]1C[C@@H]3[C@@H](N(C)C)C(=O)C(C(N)=O)=C(O)[C@]3(O)C(=O)C1=C2O. The fourth-order valence-corrected chi connectivity index (χ4v) is 6.64. The van der Waals surface area contributed by atoms with E-state index in [1.54, 1.807) is 58.5 Å². The summed E-state index contributed by atoms with van der Waals surface area (Å²) in [5, 5.41) is 55.0. The van der Waals surface area contributed by atoms with Gasteiger partial charge >= 0.3 is 0 Å². The molecule has 1 amide bonds. The van der Waals surface area contributed by atoms with Crippen LogP contribution in [0, 0.1) is 23.2 Å². The van der Waals surface area contributed by atoms with E-state index in [-0.39, 0.29) is 29.7 Å². The van der Waals surface area contributed by atoms with Gasteiger partial charge in [0.2, 0.25) is 5.78 Å². The van der Waals surface area contributed by atoms with Crippen molar-refractivity contribution in [1.29, 1.82) is 5.26 Å². The lowest BCUT2D eigenvalue weighted by Crippen LogP contribution is -2.65. The van der Waals surface area contributed by atoms with E-state index in [2.05, 4.69) is 0 Å². The Morgan fingerprint density at radius 2 is 1.73 bits per heavy atom. The molecule has 212 valence electrons. The van der Waals surface area contributed by atoms with Gasteiger partial charge < -0.3 is 31.1 Å². The van der Waals surface area contributed by atoms with Crippen molar-refractivity contribution in [2.45, 2.75) is 24.5 Å². The highest BCUT2D eigenvalue weighted by Gasteiger charge is 2.64. The number of aromatic hydroxyl groups is 1.